The van der Waals surface area contributed by atoms with Gasteiger partial charge < -0.3 is 14.2 Å². The SMILES string of the molecule is CC/C=C\C/C=C\C/C=C\C/C=C\C/C=C\CCCC(=O)OC(COC(=O)CCCCCCC\C=C/C=C\C=C/C=C\C=C/CCC)COC(=O)CCCCCCCCC/C=C\CCCCCCCC. The molecular weight excluding hydrogens is 865 g/mol. The first-order chi connectivity index (χ1) is 34.5. The fraction of sp³-hybridized carbons (Fsp3) is 0.609. The zero-order chi connectivity index (χ0) is 50.7. The molecule has 0 heterocycles. The lowest BCUT2D eigenvalue weighted by Gasteiger charge is -2.18. The highest BCUT2D eigenvalue weighted by atomic mass is 16.6. The minimum absolute atomic E-state index is 0.116. The molecule has 394 valence electrons. The number of esters is 3. The number of rotatable bonds is 49. The molecule has 0 spiro atoms. The highest BCUT2D eigenvalue weighted by Gasteiger charge is 2.19. The lowest BCUT2D eigenvalue weighted by atomic mass is 10.1. The van der Waals surface area contributed by atoms with Gasteiger partial charge in [-0.3, -0.25) is 14.4 Å². The zero-order valence-corrected chi connectivity index (χ0v) is 45.0. The Balaban J connectivity index is 4.56. The largest absolute Gasteiger partial charge is 0.462 e. The molecule has 70 heavy (non-hydrogen) atoms. The van der Waals surface area contributed by atoms with Crippen LogP contribution >= 0.6 is 0 Å². The van der Waals surface area contributed by atoms with E-state index in [2.05, 4.69) is 124 Å². The van der Waals surface area contributed by atoms with Gasteiger partial charge in [0.1, 0.15) is 13.2 Å². The van der Waals surface area contributed by atoms with Gasteiger partial charge in [0.05, 0.1) is 0 Å². The van der Waals surface area contributed by atoms with Gasteiger partial charge >= 0.3 is 17.9 Å². The molecule has 0 aromatic rings. The summed E-state index contributed by atoms with van der Waals surface area (Å²) in [6.45, 7) is 6.35. The number of hydrogen-bond donors (Lipinski definition) is 0. The normalized spacial score (nSPS) is 13.1. The summed E-state index contributed by atoms with van der Waals surface area (Å²) in [7, 11) is 0. The summed E-state index contributed by atoms with van der Waals surface area (Å²) < 4.78 is 16.8. The smallest absolute Gasteiger partial charge is 0.306 e. The maximum atomic E-state index is 12.8. The van der Waals surface area contributed by atoms with Gasteiger partial charge in [0.25, 0.3) is 0 Å². The number of hydrogen-bond acceptors (Lipinski definition) is 6. The van der Waals surface area contributed by atoms with Crippen molar-refractivity contribution in [2.24, 2.45) is 0 Å². The topological polar surface area (TPSA) is 78.9 Å². The van der Waals surface area contributed by atoms with E-state index in [1.165, 1.54) is 83.5 Å². The van der Waals surface area contributed by atoms with Crippen LogP contribution in [0.2, 0.25) is 0 Å². The third-order valence-electron chi connectivity index (χ3n) is 11.5. The minimum Gasteiger partial charge on any atom is -0.462 e. The molecule has 0 rings (SSSR count). The van der Waals surface area contributed by atoms with Crippen molar-refractivity contribution < 1.29 is 28.6 Å². The fourth-order valence-electron chi connectivity index (χ4n) is 7.27. The van der Waals surface area contributed by atoms with Crippen LogP contribution in [-0.2, 0) is 28.6 Å². The van der Waals surface area contributed by atoms with Gasteiger partial charge in [0, 0.05) is 19.3 Å². The average Bonchev–Trinajstić information content (AvgIpc) is 3.36. The second-order valence-electron chi connectivity index (χ2n) is 18.2. The van der Waals surface area contributed by atoms with Crippen LogP contribution < -0.4 is 0 Å². The van der Waals surface area contributed by atoms with E-state index >= 15 is 0 Å². The highest BCUT2D eigenvalue weighted by Crippen LogP contribution is 2.13. The van der Waals surface area contributed by atoms with Crippen molar-refractivity contribution in [2.45, 2.75) is 239 Å². The predicted molar refractivity (Wildman–Crippen MR) is 302 cm³/mol. The standard InChI is InChI=1S/C64H102O6/c1-4-7-10-13-16-19-22-25-28-31-34-36-39-42-45-48-51-54-57-63(66)69-60-61(70-64(67)58-55-52-49-46-43-40-37-33-30-27-24-21-18-15-12-9-6-3)59-68-62(65)56-53-50-47-44-41-38-35-32-29-26-23-20-17-14-11-8-5-2/h9-10,12-13,16,18-19,21-22,25-31,34,36-37,40,46,49,61H,4-8,11,14-15,17,20,23-24,32-33,35,38-39,41-45,47-48,50-60H2,1-3H3/b12-9-,13-10-,19-16-,21-18-,25-22-,29-26-,30-27-,31-28-,36-34-,40-37-,49-46-. The van der Waals surface area contributed by atoms with Crippen LogP contribution in [-0.4, -0.2) is 37.2 Å². The Labute approximate surface area is 430 Å². The van der Waals surface area contributed by atoms with E-state index in [1.54, 1.807) is 0 Å². The van der Waals surface area contributed by atoms with E-state index in [-0.39, 0.29) is 37.5 Å². The van der Waals surface area contributed by atoms with Crippen molar-refractivity contribution in [2.75, 3.05) is 13.2 Å². The summed E-state index contributed by atoms with van der Waals surface area (Å²) >= 11 is 0. The van der Waals surface area contributed by atoms with Gasteiger partial charge in [-0.15, -0.1) is 0 Å². The molecule has 1 atom stereocenters. The molecule has 0 aromatic heterocycles. The Kier molecular flexibility index (Phi) is 53.5. The minimum atomic E-state index is -0.826. The second-order valence-corrected chi connectivity index (χ2v) is 18.2. The van der Waals surface area contributed by atoms with E-state index in [9.17, 15) is 14.4 Å². The summed E-state index contributed by atoms with van der Waals surface area (Å²) in [5.41, 5.74) is 0. The summed E-state index contributed by atoms with van der Waals surface area (Å²) in [5, 5.41) is 0. The van der Waals surface area contributed by atoms with Crippen molar-refractivity contribution >= 4 is 17.9 Å². The molecule has 0 aliphatic rings. The van der Waals surface area contributed by atoms with Crippen LogP contribution in [0.3, 0.4) is 0 Å². The quantitative estimate of drug-likeness (QED) is 0.0199. The summed E-state index contributed by atoms with van der Waals surface area (Å²) in [6, 6.07) is 0. The van der Waals surface area contributed by atoms with Gasteiger partial charge in [-0.2, -0.15) is 0 Å². The molecule has 0 saturated heterocycles. The maximum Gasteiger partial charge on any atom is 0.306 e. The van der Waals surface area contributed by atoms with E-state index in [0.717, 1.165) is 103 Å². The molecule has 0 N–H and O–H groups in total. The molecule has 6 nitrogen and oxygen atoms in total. The molecule has 6 heteroatoms. The highest BCUT2D eigenvalue weighted by molar-refractivity contribution is 5.71. The lowest BCUT2D eigenvalue weighted by Crippen LogP contribution is -2.30. The number of allylic oxidation sites excluding steroid dienone is 22. The van der Waals surface area contributed by atoms with Crippen LogP contribution in [0, 0.1) is 0 Å². The molecule has 0 aromatic carbocycles. The van der Waals surface area contributed by atoms with Crippen LogP contribution in [0.4, 0.5) is 0 Å². The van der Waals surface area contributed by atoms with E-state index in [0.29, 0.717) is 19.3 Å². The van der Waals surface area contributed by atoms with Crippen LogP contribution in [0.25, 0.3) is 0 Å². The predicted octanol–water partition coefficient (Wildman–Crippen LogP) is 19.0. The van der Waals surface area contributed by atoms with Gasteiger partial charge in [0.15, 0.2) is 6.10 Å². The Bertz CT molecular complexity index is 1530. The van der Waals surface area contributed by atoms with E-state index in [4.69, 9.17) is 14.2 Å². The number of unbranched alkanes of at least 4 members (excludes halogenated alkanes) is 20. The Morgan fingerprint density at radius 3 is 1.11 bits per heavy atom. The van der Waals surface area contributed by atoms with E-state index in [1.807, 2.05) is 30.4 Å². The molecular formula is C64H102O6. The molecule has 1 unspecified atom stereocenters. The molecule has 0 bridgehead atoms. The Hall–Kier alpha value is -4.45. The molecule has 0 fully saturated rings. The fourth-order valence-corrected chi connectivity index (χ4v) is 7.27. The Morgan fingerprint density at radius 2 is 0.657 bits per heavy atom. The van der Waals surface area contributed by atoms with Crippen molar-refractivity contribution in [3.63, 3.8) is 0 Å². The maximum absolute atomic E-state index is 12.8. The summed E-state index contributed by atoms with van der Waals surface area (Å²) in [5.74, 6) is -1.01. The molecule has 0 aliphatic heterocycles. The van der Waals surface area contributed by atoms with Gasteiger partial charge in [-0.25, -0.2) is 0 Å². The number of carbonyl (C=O) groups excluding carboxylic acids is 3. The summed E-state index contributed by atoms with van der Waals surface area (Å²) in [4.78, 5) is 38.1. The molecule has 0 saturated carbocycles. The number of ether oxygens (including phenoxy) is 3. The first kappa shape index (κ1) is 65.5. The number of carbonyl (C=O) groups is 3. The third kappa shape index (κ3) is 54.5. The van der Waals surface area contributed by atoms with Gasteiger partial charge in [-0.05, 0) is 103 Å². The van der Waals surface area contributed by atoms with Gasteiger partial charge in [-0.1, -0.05) is 244 Å². The van der Waals surface area contributed by atoms with Crippen LogP contribution in [0.5, 0.6) is 0 Å². The lowest BCUT2D eigenvalue weighted by molar-refractivity contribution is -0.167. The first-order valence-electron chi connectivity index (χ1n) is 28.3. The van der Waals surface area contributed by atoms with Crippen LogP contribution in [0.15, 0.2) is 134 Å². The monoisotopic (exact) mass is 967 g/mol. The van der Waals surface area contributed by atoms with Crippen molar-refractivity contribution in [3.05, 3.63) is 134 Å². The zero-order valence-electron chi connectivity index (χ0n) is 45.0. The first-order valence-corrected chi connectivity index (χ1v) is 28.3. The molecule has 0 amide bonds. The van der Waals surface area contributed by atoms with Crippen molar-refractivity contribution in [3.8, 4) is 0 Å². The molecule has 0 aliphatic carbocycles. The van der Waals surface area contributed by atoms with E-state index < -0.39 is 6.10 Å². The van der Waals surface area contributed by atoms with Crippen LogP contribution in [0.1, 0.15) is 233 Å². The van der Waals surface area contributed by atoms with Crippen molar-refractivity contribution in [1.82, 2.24) is 0 Å². The second kappa shape index (κ2) is 57.1. The van der Waals surface area contributed by atoms with Gasteiger partial charge in [0.2, 0.25) is 0 Å². The Morgan fingerprint density at radius 1 is 0.314 bits per heavy atom. The third-order valence-corrected chi connectivity index (χ3v) is 11.5. The summed E-state index contributed by atoms with van der Waals surface area (Å²) in [6.07, 6.45) is 80.1. The average molecular weight is 968 g/mol. The molecule has 0 radical (unpaired) electrons. The van der Waals surface area contributed by atoms with Crippen molar-refractivity contribution in [1.29, 1.82) is 0 Å².